The maximum atomic E-state index is 12.6. The number of benzene rings is 1. The Bertz CT molecular complexity index is 734. The maximum absolute atomic E-state index is 12.6. The van der Waals surface area contributed by atoms with Crippen LogP contribution in [0.1, 0.15) is 30.9 Å². The summed E-state index contributed by atoms with van der Waals surface area (Å²) in [7, 11) is 0. The Morgan fingerprint density at radius 1 is 1.44 bits per heavy atom. The molecule has 3 unspecified atom stereocenters. The molecule has 2 rings (SSSR count). The molecule has 0 heterocycles. The number of ketones is 1. The fourth-order valence-electron chi connectivity index (χ4n) is 3.15. The molecule has 1 N–H and O–H groups in total. The number of aliphatic hydroxyl groups is 1. The smallest absolute Gasteiger partial charge is 0.317 e. The van der Waals surface area contributed by atoms with Crippen LogP contribution in [0.5, 0.6) is 0 Å². The minimum absolute atomic E-state index is 0.0804. The van der Waals surface area contributed by atoms with Crippen molar-refractivity contribution in [3.05, 3.63) is 46.0 Å². The molecule has 1 aromatic carbocycles. The second kappa shape index (κ2) is 8.01. The molecular weight excluding hydrogens is 365 g/mol. The second-order valence-electron chi connectivity index (χ2n) is 5.92. The van der Waals surface area contributed by atoms with Crippen molar-refractivity contribution in [2.45, 2.75) is 25.4 Å². The van der Waals surface area contributed by atoms with Gasteiger partial charge in [-0.25, -0.2) is 0 Å². The van der Waals surface area contributed by atoms with E-state index in [0.717, 1.165) is 0 Å². The molecule has 132 valence electrons. The van der Waals surface area contributed by atoms with Gasteiger partial charge in [-0.2, -0.15) is 5.26 Å². The van der Waals surface area contributed by atoms with Crippen LogP contribution in [-0.4, -0.2) is 23.5 Å². The van der Waals surface area contributed by atoms with Crippen LogP contribution in [0, 0.1) is 23.2 Å². The molecule has 5 nitrogen and oxygen atoms in total. The van der Waals surface area contributed by atoms with Crippen molar-refractivity contribution in [2.24, 2.45) is 11.8 Å². The third kappa shape index (κ3) is 4.40. The molecule has 0 aromatic heterocycles. The van der Waals surface area contributed by atoms with Crippen LogP contribution in [0.25, 0.3) is 0 Å². The minimum atomic E-state index is -1.47. The minimum Gasteiger partial charge on any atom is -0.465 e. The lowest BCUT2D eigenvalue weighted by Gasteiger charge is -2.38. The molecule has 1 aliphatic carbocycles. The number of halogens is 2. The van der Waals surface area contributed by atoms with E-state index in [0.29, 0.717) is 11.1 Å². The zero-order valence-corrected chi connectivity index (χ0v) is 15.0. The first-order valence-corrected chi connectivity index (χ1v) is 8.51. The molecule has 1 aromatic rings. The average molecular weight is 382 g/mol. The van der Waals surface area contributed by atoms with E-state index in [1.54, 1.807) is 31.2 Å². The lowest BCUT2D eigenvalue weighted by atomic mass is 9.68. The van der Waals surface area contributed by atoms with Gasteiger partial charge in [-0.15, -0.1) is 0 Å². The number of carbonyl (C=O) groups excluding carboxylic acids is 2. The summed E-state index contributed by atoms with van der Waals surface area (Å²) in [5.41, 5.74) is -0.538. The molecule has 1 saturated carbocycles. The average Bonchev–Trinajstić information content (AvgIpc) is 2.54. The van der Waals surface area contributed by atoms with Crippen molar-refractivity contribution < 1.29 is 19.4 Å². The van der Waals surface area contributed by atoms with E-state index in [1.807, 2.05) is 6.07 Å². The van der Waals surface area contributed by atoms with Gasteiger partial charge in [0.05, 0.1) is 23.8 Å². The van der Waals surface area contributed by atoms with Crippen molar-refractivity contribution in [3.63, 3.8) is 0 Å². The Morgan fingerprint density at radius 2 is 2.08 bits per heavy atom. The normalized spacial score (nSPS) is 25.8. The number of carbonyl (C=O) groups is 2. The van der Waals surface area contributed by atoms with Crippen LogP contribution in [-0.2, 0) is 19.9 Å². The molecular formula is C18H17Cl2NO4. The van der Waals surface area contributed by atoms with Crippen LogP contribution in [0.2, 0.25) is 0 Å². The number of esters is 1. The van der Waals surface area contributed by atoms with E-state index in [2.05, 4.69) is 0 Å². The summed E-state index contributed by atoms with van der Waals surface area (Å²) < 4.78 is 4.89. The highest BCUT2D eigenvalue weighted by Crippen LogP contribution is 2.43. The number of allylic oxidation sites excluding steroid dienone is 1. The second-order valence-corrected chi connectivity index (χ2v) is 6.93. The summed E-state index contributed by atoms with van der Waals surface area (Å²) in [5, 5.41) is 19.9. The molecule has 0 bridgehead atoms. The molecule has 3 atom stereocenters. The molecule has 0 radical (unpaired) electrons. The Labute approximate surface area is 155 Å². The highest BCUT2D eigenvalue weighted by atomic mass is 35.5. The lowest BCUT2D eigenvalue weighted by molar-refractivity contribution is -0.159. The topological polar surface area (TPSA) is 87.4 Å². The van der Waals surface area contributed by atoms with Crippen molar-refractivity contribution in [1.29, 1.82) is 5.26 Å². The van der Waals surface area contributed by atoms with Gasteiger partial charge < -0.3 is 9.84 Å². The van der Waals surface area contributed by atoms with Gasteiger partial charge in [0.1, 0.15) is 10.4 Å². The van der Waals surface area contributed by atoms with E-state index >= 15 is 0 Å². The highest BCUT2D eigenvalue weighted by Gasteiger charge is 2.48. The van der Waals surface area contributed by atoms with Gasteiger partial charge in [-0.1, -0.05) is 35.3 Å². The Morgan fingerprint density at radius 3 is 2.60 bits per heavy atom. The number of nitriles is 1. The molecule has 25 heavy (non-hydrogen) atoms. The Kier molecular flexibility index (Phi) is 6.23. The van der Waals surface area contributed by atoms with E-state index in [1.165, 1.54) is 6.08 Å². The third-order valence-corrected chi connectivity index (χ3v) is 4.50. The van der Waals surface area contributed by atoms with Crippen LogP contribution in [0.15, 0.2) is 34.8 Å². The van der Waals surface area contributed by atoms with Crippen LogP contribution in [0.3, 0.4) is 0 Å². The summed E-state index contributed by atoms with van der Waals surface area (Å²) in [4.78, 5) is 24.7. The Hall–Kier alpha value is -1.87. The number of hydrogen-bond acceptors (Lipinski definition) is 5. The van der Waals surface area contributed by atoms with Gasteiger partial charge in [0.15, 0.2) is 5.78 Å². The summed E-state index contributed by atoms with van der Waals surface area (Å²) in [6.07, 6.45) is 1.24. The summed E-state index contributed by atoms with van der Waals surface area (Å²) >= 11 is 11.5. The van der Waals surface area contributed by atoms with Gasteiger partial charge in [-0.3, -0.25) is 9.59 Å². The first kappa shape index (κ1) is 19.5. The zero-order chi connectivity index (χ0) is 18.6. The number of hydrogen-bond donors (Lipinski definition) is 1. The Balaban J connectivity index is 2.38. The van der Waals surface area contributed by atoms with Crippen molar-refractivity contribution >= 4 is 35.0 Å². The summed E-state index contributed by atoms with van der Waals surface area (Å²) in [6, 6.07) is 8.32. The summed E-state index contributed by atoms with van der Waals surface area (Å²) in [6.45, 7) is 1.80. The molecule has 0 amide bonds. The van der Waals surface area contributed by atoms with E-state index in [-0.39, 0.29) is 23.9 Å². The van der Waals surface area contributed by atoms with Crippen molar-refractivity contribution in [1.82, 2.24) is 0 Å². The molecule has 1 fully saturated rings. The fourth-order valence-corrected chi connectivity index (χ4v) is 3.47. The predicted octanol–water partition coefficient (Wildman–Crippen LogP) is 3.22. The SMILES string of the molecule is CCOC(=O)C1C(=O)CC(O)(c2ccc(C#N)cc2)CC1C=C(Cl)Cl. The van der Waals surface area contributed by atoms with Crippen LogP contribution < -0.4 is 0 Å². The largest absolute Gasteiger partial charge is 0.465 e. The lowest BCUT2D eigenvalue weighted by Crippen LogP contribution is -2.45. The number of nitrogens with zero attached hydrogens (tertiary/aromatic N) is 1. The number of rotatable bonds is 4. The van der Waals surface area contributed by atoms with Crippen LogP contribution in [0.4, 0.5) is 0 Å². The molecule has 1 aliphatic rings. The van der Waals surface area contributed by atoms with Gasteiger partial charge in [0.25, 0.3) is 0 Å². The first-order chi connectivity index (χ1) is 11.8. The monoisotopic (exact) mass is 381 g/mol. The van der Waals surface area contributed by atoms with E-state index in [4.69, 9.17) is 33.2 Å². The van der Waals surface area contributed by atoms with Crippen LogP contribution >= 0.6 is 23.2 Å². The van der Waals surface area contributed by atoms with E-state index < -0.39 is 29.2 Å². The molecule has 0 spiro atoms. The maximum Gasteiger partial charge on any atom is 0.317 e. The molecule has 0 aliphatic heterocycles. The van der Waals surface area contributed by atoms with Crippen molar-refractivity contribution in [3.8, 4) is 6.07 Å². The predicted molar refractivity (Wildman–Crippen MR) is 92.7 cm³/mol. The third-order valence-electron chi connectivity index (χ3n) is 4.25. The van der Waals surface area contributed by atoms with Crippen molar-refractivity contribution in [2.75, 3.05) is 6.61 Å². The van der Waals surface area contributed by atoms with Gasteiger partial charge in [-0.05, 0) is 37.1 Å². The number of ether oxygens (including phenoxy) is 1. The van der Waals surface area contributed by atoms with Gasteiger partial charge >= 0.3 is 5.97 Å². The fraction of sp³-hybridized carbons (Fsp3) is 0.389. The van der Waals surface area contributed by atoms with Gasteiger partial charge in [0.2, 0.25) is 0 Å². The summed E-state index contributed by atoms with van der Waals surface area (Å²) in [5.74, 6) is -2.82. The van der Waals surface area contributed by atoms with E-state index in [9.17, 15) is 14.7 Å². The van der Waals surface area contributed by atoms with Gasteiger partial charge in [0, 0.05) is 12.3 Å². The highest BCUT2D eigenvalue weighted by molar-refractivity contribution is 6.55. The first-order valence-electron chi connectivity index (χ1n) is 7.76. The quantitative estimate of drug-likeness (QED) is 0.638. The number of Topliss-reactive ketones (excluding diaryl/α,β-unsaturated/α-hetero) is 1. The molecule has 7 heteroatoms. The molecule has 0 saturated heterocycles. The zero-order valence-electron chi connectivity index (χ0n) is 13.5. The standard InChI is InChI=1S/C18H17Cl2NO4/c1-2-25-17(23)16-12(7-15(19)20)8-18(24,9-14(16)22)13-5-3-11(10-21)4-6-13/h3-7,12,16,24H,2,8-9H2,1H3.